The molecule has 14 rings (SSSR count). The summed E-state index contributed by atoms with van der Waals surface area (Å²) >= 11 is 0. The Labute approximate surface area is 422 Å². The molecule has 3 aliphatic carbocycles. The van der Waals surface area contributed by atoms with E-state index in [0.717, 1.165) is 101 Å². The van der Waals surface area contributed by atoms with Crippen molar-refractivity contribution >= 4 is 67.6 Å². The van der Waals surface area contributed by atoms with Gasteiger partial charge in [-0.2, -0.15) is 0 Å². The average Bonchev–Trinajstić information content (AvgIpc) is 4.07. The second-order valence-electron chi connectivity index (χ2n) is 22.1. The van der Waals surface area contributed by atoms with Crippen molar-refractivity contribution in [3.8, 4) is 33.4 Å². The topological polar surface area (TPSA) is 175 Å². The van der Waals surface area contributed by atoms with E-state index in [1.165, 1.54) is 14.2 Å². The number of likely N-dealkylation sites (tertiary alicyclic amines) is 1. The highest BCUT2D eigenvalue weighted by molar-refractivity contribution is 5.96. The number of carbonyl (C=O) groups is 4. The zero-order valence-electron chi connectivity index (χ0n) is 41.9. The first-order valence-corrected chi connectivity index (χ1v) is 25.6. The predicted octanol–water partition coefficient (Wildman–Crippen LogP) is 10.7. The fourth-order valence-corrected chi connectivity index (χ4v) is 13.0. The van der Waals surface area contributed by atoms with Crippen LogP contribution in [0.25, 0.3) is 77.0 Å². The number of hydrogen-bond acceptors (Lipinski definition) is 8. The van der Waals surface area contributed by atoms with E-state index in [4.69, 9.17) is 19.4 Å². The lowest BCUT2D eigenvalue weighted by atomic mass is 9.95. The third kappa shape index (κ3) is 7.18. The van der Waals surface area contributed by atoms with Crippen LogP contribution in [0.3, 0.4) is 0 Å². The van der Waals surface area contributed by atoms with Gasteiger partial charge in [-0.1, -0.05) is 95.3 Å². The fraction of sp³-hybridized carbons (Fsp3) is 0.356. The first-order chi connectivity index (χ1) is 35.2. The molecule has 2 aromatic heterocycles. The third-order valence-electron chi connectivity index (χ3n) is 17.2. The molecule has 5 heterocycles. The van der Waals surface area contributed by atoms with Crippen LogP contribution < -0.4 is 10.6 Å². The number of nitrogens with zero attached hydrogens (tertiary/aromatic N) is 4. The molecule has 6 aromatic carbocycles. The highest BCUT2D eigenvalue weighted by Crippen LogP contribution is 2.90. The van der Waals surface area contributed by atoms with E-state index in [9.17, 15) is 19.2 Å². The van der Waals surface area contributed by atoms with Crippen molar-refractivity contribution in [3.63, 3.8) is 0 Å². The maximum atomic E-state index is 14.1. The van der Waals surface area contributed by atoms with E-state index < -0.39 is 24.3 Å². The minimum atomic E-state index is -0.681. The van der Waals surface area contributed by atoms with Crippen LogP contribution in [0.4, 0.5) is 9.59 Å². The Bertz CT molecular complexity index is 3640. The quantitative estimate of drug-likeness (QED) is 0.0991. The van der Waals surface area contributed by atoms with Gasteiger partial charge in [0, 0.05) is 12.1 Å². The van der Waals surface area contributed by atoms with Crippen LogP contribution in [-0.4, -0.2) is 92.1 Å². The lowest BCUT2D eigenvalue weighted by Crippen LogP contribution is -2.52. The minimum Gasteiger partial charge on any atom is -0.453 e. The van der Waals surface area contributed by atoms with E-state index in [-0.39, 0.29) is 53.2 Å². The fourth-order valence-electron chi connectivity index (χ4n) is 13.0. The molecular weight excluding hydrogens is 917 g/mol. The maximum absolute atomic E-state index is 14.1. The molecular formula is C59H58N8O6. The zero-order valence-corrected chi connectivity index (χ0v) is 41.9. The van der Waals surface area contributed by atoms with E-state index in [2.05, 4.69) is 131 Å². The Morgan fingerprint density at radius 3 is 1.44 bits per heavy atom. The number of benzene rings is 6. The summed E-state index contributed by atoms with van der Waals surface area (Å²) in [6.45, 7) is 10.0. The molecule has 3 saturated heterocycles. The zero-order chi connectivity index (χ0) is 50.4. The van der Waals surface area contributed by atoms with Crippen LogP contribution >= 0.6 is 0 Å². The average molecular weight is 975 g/mol. The summed E-state index contributed by atoms with van der Waals surface area (Å²) in [7, 11) is 2.63. The number of aromatic nitrogens is 4. The second-order valence-corrected chi connectivity index (χ2v) is 22.1. The van der Waals surface area contributed by atoms with Gasteiger partial charge in [0.2, 0.25) is 11.8 Å². The Hall–Kier alpha value is -7.74. The molecule has 0 radical (unpaired) electrons. The number of ether oxygens (including phenoxy) is 2. The minimum absolute atomic E-state index is 0.0779. The molecule has 14 heteroatoms. The van der Waals surface area contributed by atoms with E-state index in [1.54, 1.807) is 0 Å². The van der Waals surface area contributed by atoms with Gasteiger partial charge in [-0.3, -0.25) is 9.59 Å². The summed E-state index contributed by atoms with van der Waals surface area (Å²) in [6.07, 6.45) is 0.616. The number of aromatic amines is 2. The van der Waals surface area contributed by atoms with Gasteiger partial charge in [0.25, 0.3) is 0 Å². The summed E-state index contributed by atoms with van der Waals surface area (Å²) in [5.41, 5.74) is 10.3. The first kappa shape index (κ1) is 45.1. The molecule has 370 valence electrons. The molecule has 3 saturated carbocycles. The maximum Gasteiger partial charge on any atom is 0.407 e. The van der Waals surface area contributed by atoms with Gasteiger partial charge in [0.1, 0.15) is 23.7 Å². The number of nitrogens with one attached hydrogen (secondary N) is 4. The number of piperidine rings is 2. The molecule has 2 bridgehead atoms. The highest BCUT2D eigenvalue weighted by atomic mass is 16.5. The first-order valence-electron chi connectivity index (χ1n) is 25.6. The number of fused-ring (bicyclic) bond motifs is 6. The standard InChI is InChI=1S/C59H58N8O6/c1-28(2)49(64-57(70)72-6)55(68)66-45-26-40(45)27-46(66)53-60-41-18-16-38(24-43(41)62-53)36-14-12-32-20-30(8-10-34(32)22-36)31-9-11-35-23-37(15-13-33(35)21-31)39-17-19-42-44(25-39)63-54(61-42)51-47-48-52(59(47,48)5)67(51)56(69)50(29(3)4)65-58(71)73-7/h8-25,28-29,40,45-52H,26-27H2,1-7H3,(H,60,62)(H,61,63)(H,64,70)(H,65,71)/t40-,45-,46+,47?,48-,49+,50+,51+,52+,59-/m1/s1. The van der Waals surface area contributed by atoms with Crippen LogP contribution in [-0.2, 0) is 19.1 Å². The van der Waals surface area contributed by atoms with E-state index in [1.807, 2.05) is 43.6 Å². The number of alkyl carbamates (subject to hydrolysis) is 2. The highest BCUT2D eigenvalue weighted by Gasteiger charge is 2.94. The Kier molecular flexibility index (Phi) is 10.1. The molecule has 3 aliphatic heterocycles. The second kappa shape index (κ2) is 16.4. The largest absolute Gasteiger partial charge is 0.453 e. The molecule has 10 atom stereocenters. The van der Waals surface area contributed by atoms with Gasteiger partial charge in [0.15, 0.2) is 0 Å². The van der Waals surface area contributed by atoms with Crippen molar-refractivity contribution in [3.05, 3.63) is 121 Å². The molecule has 73 heavy (non-hydrogen) atoms. The van der Waals surface area contributed by atoms with Gasteiger partial charge in [-0.05, 0) is 151 Å². The molecule has 4 N–H and O–H groups in total. The van der Waals surface area contributed by atoms with Crippen LogP contribution in [0.15, 0.2) is 109 Å². The Morgan fingerprint density at radius 2 is 0.986 bits per heavy atom. The van der Waals surface area contributed by atoms with E-state index >= 15 is 0 Å². The van der Waals surface area contributed by atoms with Gasteiger partial charge in [-0.15, -0.1) is 0 Å². The third-order valence-corrected chi connectivity index (χ3v) is 17.2. The molecule has 0 spiro atoms. The molecule has 14 nitrogen and oxygen atoms in total. The summed E-state index contributed by atoms with van der Waals surface area (Å²) in [4.78, 5) is 73.6. The lowest BCUT2D eigenvalue weighted by Gasteiger charge is -2.31. The van der Waals surface area contributed by atoms with Gasteiger partial charge in [0.05, 0.1) is 48.4 Å². The van der Waals surface area contributed by atoms with Crippen LogP contribution in [0, 0.1) is 35.0 Å². The van der Waals surface area contributed by atoms with Crippen molar-refractivity contribution in [2.24, 2.45) is 35.0 Å². The normalized spacial score (nSPS) is 25.0. The summed E-state index contributed by atoms with van der Waals surface area (Å²) in [5, 5.41) is 10.1. The van der Waals surface area contributed by atoms with Crippen molar-refractivity contribution in [2.45, 2.75) is 83.7 Å². The van der Waals surface area contributed by atoms with Crippen LogP contribution in [0.2, 0.25) is 0 Å². The van der Waals surface area contributed by atoms with Gasteiger partial charge < -0.3 is 39.9 Å². The number of carbonyl (C=O) groups excluding carboxylic acids is 4. The predicted molar refractivity (Wildman–Crippen MR) is 280 cm³/mol. The molecule has 6 fully saturated rings. The van der Waals surface area contributed by atoms with Crippen molar-refractivity contribution in [2.75, 3.05) is 14.2 Å². The summed E-state index contributed by atoms with van der Waals surface area (Å²) in [5.74, 6) is 2.49. The Balaban J connectivity index is 0.713. The molecule has 4 amide bonds. The molecule has 6 aliphatic rings. The van der Waals surface area contributed by atoms with Crippen molar-refractivity contribution in [1.82, 2.24) is 40.4 Å². The number of imidazole rings is 2. The number of amides is 4. The number of H-pyrrole nitrogens is 2. The van der Waals surface area contributed by atoms with Crippen molar-refractivity contribution < 1.29 is 28.7 Å². The smallest absolute Gasteiger partial charge is 0.407 e. The van der Waals surface area contributed by atoms with Gasteiger partial charge in [-0.25, -0.2) is 19.6 Å². The Morgan fingerprint density at radius 1 is 0.575 bits per heavy atom. The number of methoxy groups -OCH3 is 2. The summed E-state index contributed by atoms with van der Waals surface area (Å²) < 4.78 is 9.70. The molecule has 8 aromatic rings. The van der Waals surface area contributed by atoms with Gasteiger partial charge >= 0.3 is 12.2 Å². The molecule has 1 unspecified atom stereocenters. The summed E-state index contributed by atoms with van der Waals surface area (Å²) in [6, 6.07) is 37.7. The van der Waals surface area contributed by atoms with E-state index in [0.29, 0.717) is 17.8 Å². The van der Waals surface area contributed by atoms with Crippen LogP contribution in [0.1, 0.15) is 71.2 Å². The van der Waals surface area contributed by atoms with Crippen molar-refractivity contribution in [1.29, 1.82) is 0 Å². The number of hydrogen-bond donors (Lipinski definition) is 4. The van der Waals surface area contributed by atoms with Crippen LogP contribution in [0.5, 0.6) is 0 Å². The number of rotatable bonds is 11. The SMILES string of the molecule is COC(=O)N[C@H](C(=O)N1[C@H](c2nc3ccc(-c4ccc5cc(-c6ccc7cc(-c8ccc9nc([C@@H]%10C[C@H]%11C[C@H]%11N%10C(=O)[C@@H](NC(=O)OC)C(C)C)[nH]c9c8)ccc7c6)ccc5c4)cc3[nH]2)C2[C@@H]3[C@H]1[C@]23C)C(C)C. The monoisotopic (exact) mass is 974 g/mol. The lowest BCUT2D eigenvalue weighted by molar-refractivity contribution is -0.137.